The summed E-state index contributed by atoms with van der Waals surface area (Å²) in [4.78, 5) is 4.43. The summed E-state index contributed by atoms with van der Waals surface area (Å²) >= 11 is 0. The second-order valence-electron chi connectivity index (χ2n) is 5.23. The van der Waals surface area contributed by atoms with E-state index in [4.69, 9.17) is 8.60 Å². The Labute approximate surface area is 128 Å². The van der Waals surface area contributed by atoms with E-state index in [0.717, 1.165) is 17.3 Å². The summed E-state index contributed by atoms with van der Waals surface area (Å²) in [6.45, 7) is 3.75. The van der Waals surface area contributed by atoms with Crippen LogP contribution < -0.4 is 4.18 Å². The molecule has 6 heteroatoms. The summed E-state index contributed by atoms with van der Waals surface area (Å²) in [6, 6.07) is 11.0. The van der Waals surface area contributed by atoms with E-state index in [1.165, 1.54) is 0 Å². The number of aryl methyl sites for hydroxylation is 2. The van der Waals surface area contributed by atoms with E-state index in [1.54, 1.807) is 25.1 Å². The Bertz CT molecular complexity index is 957. The van der Waals surface area contributed by atoms with Crippen molar-refractivity contribution in [3.8, 4) is 17.2 Å². The monoisotopic (exact) mass is 317 g/mol. The molecule has 0 amide bonds. The van der Waals surface area contributed by atoms with E-state index < -0.39 is 10.1 Å². The van der Waals surface area contributed by atoms with E-state index >= 15 is 0 Å². The fraction of sp³-hybridized carbons (Fsp3) is 0.188. The number of nitrogens with zero attached hydrogens (tertiary/aromatic N) is 1. The van der Waals surface area contributed by atoms with Crippen molar-refractivity contribution in [1.29, 1.82) is 0 Å². The van der Waals surface area contributed by atoms with Crippen LogP contribution >= 0.6 is 0 Å². The number of oxazole rings is 1. The molecule has 0 saturated carbocycles. The predicted octanol–water partition coefficient (Wildman–Crippen LogP) is 3.45. The minimum atomic E-state index is -3.64. The Morgan fingerprint density at radius 3 is 2.64 bits per heavy atom. The molecule has 0 aliphatic carbocycles. The van der Waals surface area contributed by atoms with Gasteiger partial charge in [-0.25, -0.2) is 4.98 Å². The zero-order chi connectivity index (χ0) is 15.9. The highest BCUT2D eigenvalue weighted by Crippen LogP contribution is 2.35. The molecule has 0 N–H and O–H groups in total. The van der Waals surface area contributed by atoms with Crippen LogP contribution in [-0.4, -0.2) is 19.7 Å². The molecule has 3 rings (SSSR count). The maximum Gasteiger partial charge on any atom is 0.306 e. The molecule has 0 spiro atoms. The quantitative estimate of drug-likeness (QED) is 0.692. The SMILES string of the molecule is Cc1ccc2oc(-c3cccc(C)c3OS(C)(=O)=O)nc2c1. The summed E-state index contributed by atoms with van der Waals surface area (Å²) < 4.78 is 33.8. The van der Waals surface area contributed by atoms with Gasteiger partial charge in [-0.3, -0.25) is 0 Å². The average Bonchev–Trinajstić information content (AvgIpc) is 2.82. The molecular formula is C16H15NO4S. The minimum Gasteiger partial charge on any atom is -0.436 e. The van der Waals surface area contributed by atoms with Gasteiger partial charge in [-0.2, -0.15) is 8.42 Å². The molecule has 1 heterocycles. The van der Waals surface area contributed by atoms with Crippen LogP contribution in [0.3, 0.4) is 0 Å². The molecule has 0 radical (unpaired) electrons. The fourth-order valence-electron chi connectivity index (χ4n) is 2.24. The van der Waals surface area contributed by atoms with Crippen LogP contribution in [0.4, 0.5) is 0 Å². The fourth-order valence-corrected chi connectivity index (χ4v) is 2.76. The Balaban J connectivity index is 2.19. The van der Waals surface area contributed by atoms with Gasteiger partial charge in [0.25, 0.3) is 0 Å². The lowest BCUT2D eigenvalue weighted by atomic mass is 10.1. The van der Waals surface area contributed by atoms with Crippen molar-refractivity contribution in [2.24, 2.45) is 0 Å². The molecule has 0 unspecified atom stereocenters. The van der Waals surface area contributed by atoms with Gasteiger partial charge in [-0.05, 0) is 43.2 Å². The Kier molecular flexibility index (Phi) is 3.41. The van der Waals surface area contributed by atoms with Crippen LogP contribution in [0.2, 0.25) is 0 Å². The predicted molar refractivity (Wildman–Crippen MR) is 84.4 cm³/mol. The number of aromatic nitrogens is 1. The first kappa shape index (κ1) is 14.6. The normalized spacial score (nSPS) is 11.8. The third-order valence-corrected chi connectivity index (χ3v) is 3.69. The van der Waals surface area contributed by atoms with Crippen molar-refractivity contribution in [2.45, 2.75) is 13.8 Å². The summed E-state index contributed by atoms with van der Waals surface area (Å²) in [7, 11) is -3.64. The number of hydrogen-bond donors (Lipinski definition) is 0. The molecule has 0 aliphatic rings. The van der Waals surface area contributed by atoms with Gasteiger partial charge in [-0.1, -0.05) is 18.2 Å². The molecular weight excluding hydrogens is 302 g/mol. The lowest BCUT2D eigenvalue weighted by Gasteiger charge is -2.09. The third-order valence-electron chi connectivity index (χ3n) is 3.22. The number of hydrogen-bond acceptors (Lipinski definition) is 5. The first-order chi connectivity index (χ1) is 10.3. The molecule has 0 aliphatic heterocycles. The van der Waals surface area contributed by atoms with E-state index in [-0.39, 0.29) is 5.75 Å². The molecule has 0 fully saturated rings. The van der Waals surface area contributed by atoms with Crippen molar-refractivity contribution in [1.82, 2.24) is 4.98 Å². The topological polar surface area (TPSA) is 69.4 Å². The molecule has 0 bridgehead atoms. The van der Waals surface area contributed by atoms with Gasteiger partial charge in [0.05, 0.1) is 11.8 Å². The Hall–Kier alpha value is -2.34. The standard InChI is InChI=1S/C16H15NO4S/c1-10-7-8-14-13(9-10)17-16(20-14)12-6-4-5-11(2)15(12)21-22(3,18)19/h4-9H,1-3H3. The molecule has 2 aromatic carbocycles. The molecule has 22 heavy (non-hydrogen) atoms. The second kappa shape index (κ2) is 5.14. The number of para-hydroxylation sites is 1. The number of rotatable bonds is 3. The summed E-state index contributed by atoms with van der Waals surface area (Å²) in [5, 5.41) is 0. The van der Waals surface area contributed by atoms with E-state index in [0.29, 0.717) is 22.6 Å². The van der Waals surface area contributed by atoms with Gasteiger partial charge in [0.2, 0.25) is 5.89 Å². The first-order valence-electron chi connectivity index (χ1n) is 6.70. The van der Waals surface area contributed by atoms with E-state index in [9.17, 15) is 8.42 Å². The minimum absolute atomic E-state index is 0.244. The van der Waals surface area contributed by atoms with Crippen molar-refractivity contribution < 1.29 is 17.0 Å². The van der Waals surface area contributed by atoms with E-state index in [2.05, 4.69) is 4.98 Å². The third kappa shape index (κ3) is 2.82. The molecule has 0 atom stereocenters. The van der Waals surface area contributed by atoms with Gasteiger partial charge in [-0.15, -0.1) is 0 Å². The maximum atomic E-state index is 11.5. The van der Waals surface area contributed by atoms with Crippen LogP contribution in [0.5, 0.6) is 5.75 Å². The number of benzene rings is 2. The summed E-state index contributed by atoms with van der Waals surface area (Å²) in [5.41, 5.74) is 3.65. The van der Waals surface area contributed by atoms with Crippen LogP contribution in [-0.2, 0) is 10.1 Å². The van der Waals surface area contributed by atoms with Crippen LogP contribution in [0.25, 0.3) is 22.6 Å². The highest BCUT2D eigenvalue weighted by molar-refractivity contribution is 7.86. The maximum absolute atomic E-state index is 11.5. The summed E-state index contributed by atoms with van der Waals surface area (Å²) in [6.07, 6.45) is 1.01. The van der Waals surface area contributed by atoms with Crippen LogP contribution in [0.1, 0.15) is 11.1 Å². The lowest BCUT2D eigenvalue weighted by molar-refractivity contribution is 0.490. The molecule has 0 saturated heterocycles. The van der Waals surface area contributed by atoms with Gasteiger partial charge in [0.15, 0.2) is 11.3 Å². The highest BCUT2D eigenvalue weighted by Gasteiger charge is 2.18. The first-order valence-corrected chi connectivity index (χ1v) is 8.52. The highest BCUT2D eigenvalue weighted by atomic mass is 32.2. The lowest BCUT2D eigenvalue weighted by Crippen LogP contribution is -2.07. The van der Waals surface area contributed by atoms with Gasteiger partial charge >= 0.3 is 10.1 Å². The van der Waals surface area contributed by atoms with E-state index in [1.807, 2.05) is 25.1 Å². The summed E-state index contributed by atoms with van der Waals surface area (Å²) in [5.74, 6) is 0.580. The van der Waals surface area contributed by atoms with Gasteiger partial charge < -0.3 is 8.60 Å². The largest absolute Gasteiger partial charge is 0.436 e. The Morgan fingerprint density at radius 1 is 1.14 bits per heavy atom. The van der Waals surface area contributed by atoms with Crippen LogP contribution in [0.15, 0.2) is 40.8 Å². The van der Waals surface area contributed by atoms with Gasteiger partial charge in [0.1, 0.15) is 5.52 Å². The molecule has 1 aromatic heterocycles. The van der Waals surface area contributed by atoms with Crippen molar-refractivity contribution in [2.75, 3.05) is 6.26 Å². The zero-order valence-corrected chi connectivity index (χ0v) is 13.3. The van der Waals surface area contributed by atoms with Gasteiger partial charge in [0, 0.05) is 0 Å². The molecule has 114 valence electrons. The molecule has 3 aromatic rings. The molecule has 5 nitrogen and oxygen atoms in total. The van der Waals surface area contributed by atoms with Crippen LogP contribution in [0, 0.1) is 13.8 Å². The Morgan fingerprint density at radius 2 is 1.91 bits per heavy atom. The van der Waals surface area contributed by atoms with Crippen molar-refractivity contribution in [3.63, 3.8) is 0 Å². The smallest absolute Gasteiger partial charge is 0.306 e. The zero-order valence-electron chi connectivity index (χ0n) is 12.5. The van der Waals surface area contributed by atoms with Crippen molar-refractivity contribution >= 4 is 21.2 Å². The second-order valence-corrected chi connectivity index (χ2v) is 6.80. The van der Waals surface area contributed by atoms with Crippen molar-refractivity contribution in [3.05, 3.63) is 47.5 Å². The average molecular weight is 317 g/mol. The number of fused-ring (bicyclic) bond motifs is 1.